The number of anilines is 1. The van der Waals surface area contributed by atoms with E-state index in [1.165, 1.54) is 0 Å². The van der Waals surface area contributed by atoms with Crippen LogP contribution in [-0.2, 0) is 11.3 Å². The highest BCUT2D eigenvalue weighted by atomic mass is 35.5. The Kier molecular flexibility index (Phi) is 7.37. The summed E-state index contributed by atoms with van der Waals surface area (Å²) in [7, 11) is 3.14. The van der Waals surface area contributed by atoms with Gasteiger partial charge >= 0.3 is 0 Å². The molecule has 1 aliphatic heterocycles. The maximum Gasteiger partial charge on any atom is 0.241 e. The van der Waals surface area contributed by atoms with E-state index >= 15 is 0 Å². The highest BCUT2D eigenvalue weighted by Crippen LogP contribution is 2.31. The van der Waals surface area contributed by atoms with Gasteiger partial charge in [-0.15, -0.1) is 0 Å². The maximum absolute atomic E-state index is 12.7. The van der Waals surface area contributed by atoms with Gasteiger partial charge in [-0.2, -0.15) is 4.98 Å². The summed E-state index contributed by atoms with van der Waals surface area (Å²) in [5.74, 6) is 2.05. The van der Waals surface area contributed by atoms with Crippen molar-refractivity contribution in [3.05, 3.63) is 52.3 Å². The third-order valence-electron chi connectivity index (χ3n) is 5.61. The number of halogens is 2. The van der Waals surface area contributed by atoms with Gasteiger partial charge in [0, 0.05) is 28.3 Å². The van der Waals surface area contributed by atoms with Crippen molar-refractivity contribution in [1.29, 1.82) is 0 Å². The molecule has 2 heterocycles. The molecule has 1 aromatic heterocycles. The summed E-state index contributed by atoms with van der Waals surface area (Å²) in [4.78, 5) is 19.4. The molecular formula is C23H24Cl2N4O4. The third-order valence-corrected chi connectivity index (χ3v) is 6.16. The molecule has 0 saturated carbocycles. The molecular weight excluding hydrogens is 467 g/mol. The number of piperidine rings is 1. The molecule has 0 aliphatic carbocycles. The molecule has 0 bridgehead atoms. The fourth-order valence-corrected chi connectivity index (χ4v) is 4.30. The third kappa shape index (κ3) is 5.58. The van der Waals surface area contributed by atoms with Crippen LogP contribution in [0.2, 0.25) is 10.0 Å². The zero-order valence-electron chi connectivity index (χ0n) is 18.3. The van der Waals surface area contributed by atoms with Crippen molar-refractivity contribution in [1.82, 2.24) is 15.0 Å². The number of ether oxygens (including phenoxy) is 2. The largest absolute Gasteiger partial charge is 0.493 e. The van der Waals surface area contributed by atoms with Gasteiger partial charge in [-0.25, -0.2) is 0 Å². The van der Waals surface area contributed by atoms with Crippen molar-refractivity contribution >= 4 is 34.8 Å². The van der Waals surface area contributed by atoms with Crippen LogP contribution in [0.25, 0.3) is 11.4 Å². The van der Waals surface area contributed by atoms with Gasteiger partial charge in [0.05, 0.1) is 25.8 Å². The number of carbonyl (C=O) groups excluding carboxylic acids is 1. The number of carbonyl (C=O) groups is 1. The summed E-state index contributed by atoms with van der Waals surface area (Å²) >= 11 is 12.2. The van der Waals surface area contributed by atoms with Crippen LogP contribution in [0, 0.1) is 5.92 Å². The number of hydrogen-bond donors (Lipinski definition) is 1. The normalized spacial score (nSPS) is 14.8. The summed E-state index contributed by atoms with van der Waals surface area (Å²) < 4.78 is 15.9. The minimum Gasteiger partial charge on any atom is -0.493 e. The summed E-state index contributed by atoms with van der Waals surface area (Å²) in [6.45, 7) is 2.02. The lowest BCUT2D eigenvalue weighted by Crippen LogP contribution is -2.37. The first kappa shape index (κ1) is 23.4. The molecule has 0 atom stereocenters. The molecule has 1 aliphatic rings. The molecule has 1 fully saturated rings. The Morgan fingerprint density at radius 1 is 1.12 bits per heavy atom. The van der Waals surface area contributed by atoms with Crippen LogP contribution in [0.4, 0.5) is 5.69 Å². The van der Waals surface area contributed by atoms with E-state index in [0.29, 0.717) is 51.1 Å². The predicted octanol–water partition coefficient (Wildman–Crippen LogP) is 4.91. The van der Waals surface area contributed by atoms with Crippen molar-refractivity contribution in [2.75, 3.05) is 32.6 Å². The van der Waals surface area contributed by atoms with E-state index in [4.69, 9.17) is 37.2 Å². The Morgan fingerprint density at radius 3 is 2.58 bits per heavy atom. The monoisotopic (exact) mass is 490 g/mol. The van der Waals surface area contributed by atoms with Gasteiger partial charge in [0.25, 0.3) is 0 Å². The molecule has 10 heteroatoms. The summed E-state index contributed by atoms with van der Waals surface area (Å²) in [5, 5.41) is 8.03. The lowest BCUT2D eigenvalue weighted by atomic mass is 9.96. The van der Waals surface area contributed by atoms with Gasteiger partial charge in [-0.1, -0.05) is 28.4 Å². The first-order valence-electron chi connectivity index (χ1n) is 10.5. The number of nitrogens with zero attached hydrogens (tertiary/aromatic N) is 3. The number of benzene rings is 2. The Morgan fingerprint density at radius 2 is 1.88 bits per heavy atom. The number of likely N-dealkylation sites (tertiary alicyclic amines) is 1. The lowest BCUT2D eigenvalue weighted by molar-refractivity contribution is -0.121. The van der Waals surface area contributed by atoms with Gasteiger partial charge in [-0.3, -0.25) is 9.69 Å². The van der Waals surface area contributed by atoms with Gasteiger partial charge in [0.2, 0.25) is 17.6 Å². The Hall–Kier alpha value is -2.81. The topological polar surface area (TPSA) is 89.7 Å². The van der Waals surface area contributed by atoms with Gasteiger partial charge in [0.15, 0.2) is 11.5 Å². The minimum atomic E-state index is -0.0690. The highest BCUT2D eigenvalue weighted by molar-refractivity contribution is 6.36. The van der Waals surface area contributed by atoms with Crippen LogP contribution in [0.3, 0.4) is 0 Å². The highest BCUT2D eigenvalue weighted by Gasteiger charge is 2.26. The van der Waals surface area contributed by atoms with Gasteiger partial charge < -0.3 is 19.3 Å². The standard InChI is InChI=1S/C23H24Cl2N4O4/c1-31-19-6-4-16(12-20(19)32-2)26-23(30)14-7-9-29(10-8-14)13-21-27-22(28-33-21)17-5-3-15(24)11-18(17)25/h3-6,11-12,14H,7-10,13H2,1-2H3,(H,26,30). The molecule has 1 saturated heterocycles. The predicted molar refractivity (Wildman–Crippen MR) is 126 cm³/mol. The van der Waals surface area contributed by atoms with Crippen LogP contribution in [0.15, 0.2) is 40.9 Å². The Bertz CT molecular complexity index is 1130. The van der Waals surface area contributed by atoms with Crippen molar-refractivity contribution < 1.29 is 18.8 Å². The van der Waals surface area contributed by atoms with Crippen LogP contribution < -0.4 is 14.8 Å². The number of nitrogens with one attached hydrogen (secondary N) is 1. The van der Waals surface area contributed by atoms with E-state index in [2.05, 4.69) is 20.4 Å². The quantitative estimate of drug-likeness (QED) is 0.502. The molecule has 4 rings (SSSR count). The van der Waals surface area contributed by atoms with Crippen LogP contribution in [0.5, 0.6) is 11.5 Å². The van der Waals surface area contributed by atoms with E-state index in [9.17, 15) is 4.79 Å². The second-order valence-corrected chi connectivity index (χ2v) is 8.59. The molecule has 2 aromatic carbocycles. The summed E-state index contributed by atoms with van der Waals surface area (Å²) in [6, 6.07) is 10.5. The number of amides is 1. The molecule has 0 spiro atoms. The molecule has 8 nitrogen and oxygen atoms in total. The van der Waals surface area contributed by atoms with Gasteiger partial charge in [0.1, 0.15) is 0 Å². The van der Waals surface area contributed by atoms with E-state index in [-0.39, 0.29) is 11.8 Å². The Balaban J connectivity index is 1.30. The van der Waals surface area contributed by atoms with Crippen molar-refractivity contribution in [2.45, 2.75) is 19.4 Å². The molecule has 3 aromatic rings. The fraction of sp³-hybridized carbons (Fsp3) is 0.348. The van der Waals surface area contributed by atoms with E-state index < -0.39 is 0 Å². The van der Waals surface area contributed by atoms with E-state index in [0.717, 1.165) is 25.9 Å². The fourth-order valence-electron chi connectivity index (χ4n) is 3.80. The maximum atomic E-state index is 12.7. The first-order chi connectivity index (χ1) is 16.0. The van der Waals surface area contributed by atoms with E-state index in [1.807, 2.05) is 0 Å². The van der Waals surface area contributed by atoms with Gasteiger partial charge in [-0.05, 0) is 56.3 Å². The van der Waals surface area contributed by atoms with Crippen LogP contribution in [-0.4, -0.2) is 48.3 Å². The number of aromatic nitrogens is 2. The number of hydrogen-bond acceptors (Lipinski definition) is 7. The second-order valence-electron chi connectivity index (χ2n) is 7.75. The van der Waals surface area contributed by atoms with Crippen molar-refractivity contribution in [2.24, 2.45) is 5.92 Å². The van der Waals surface area contributed by atoms with Crippen molar-refractivity contribution in [3.8, 4) is 22.9 Å². The molecule has 33 heavy (non-hydrogen) atoms. The zero-order chi connectivity index (χ0) is 23.4. The SMILES string of the molecule is COc1ccc(NC(=O)C2CCN(Cc3nc(-c4ccc(Cl)cc4Cl)no3)CC2)cc1OC. The van der Waals surface area contributed by atoms with Crippen LogP contribution in [0.1, 0.15) is 18.7 Å². The number of rotatable bonds is 7. The summed E-state index contributed by atoms with van der Waals surface area (Å²) in [6.07, 6.45) is 1.48. The van der Waals surface area contributed by atoms with Crippen LogP contribution >= 0.6 is 23.2 Å². The molecule has 1 amide bonds. The average molecular weight is 491 g/mol. The smallest absolute Gasteiger partial charge is 0.241 e. The van der Waals surface area contributed by atoms with Crippen molar-refractivity contribution in [3.63, 3.8) is 0 Å². The van der Waals surface area contributed by atoms with E-state index in [1.54, 1.807) is 50.6 Å². The average Bonchev–Trinajstić information content (AvgIpc) is 3.27. The lowest BCUT2D eigenvalue weighted by Gasteiger charge is -2.30. The molecule has 1 N–H and O–H groups in total. The molecule has 0 radical (unpaired) electrons. The first-order valence-corrected chi connectivity index (χ1v) is 11.3. The zero-order valence-corrected chi connectivity index (χ0v) is 19.8. The second kappa shape index (κ2) is 10.4. The Labute approximate surface area is 201 Å². The number of methoxy groups -OCH3 is 2. The minimum absolute atomic E-state index is 0.000623. The molecule has 174 valence electrons. The summed E-state index contributed by atoms with van der Waals surface area (Å²) in [5.41, 5.74) is 1.35. The molecule has 0 unspecified atom stereocenters.